The molecule has 0 saturated carbocycles. The first-order chi connectivity index (χ1) is 14.2. The number of fused-ring (bicyclic) bond motifs is 3. The summed E-state index contributed by atoms with van der Waals surface area (Å²) < 4.78 is 37.0. The van der Waals surface area contributed by atoms with Crippen LogP contribution in [0.3, 0.4) is 0 Å². The van der Waals surface area contributed by atoms with Crippen molar-refractivity contribution in [2.24, 2.45) is 5.92 Å². The molecule has 4 aliphatic rings. The Morgan fingerprint density at radius 2 is 2.03 bits per heavy atom. The van der Waals surface area contributed by atoms with Gasteiger partial charge in [-0.15, -0.1) is 0 Å². The van der Waals surface area contributed by atoms with Gasteiger partial charge in [-0.2, -0.15) is 8.42 Å². The predicted octanol–water partition coefficient (Wildman–Crippen LogP) is 2.52. The van der Waals surface area contributed by atoms with E-state index in [0.717, 1.165) is 43.6 Å². The zero-order chi connectivity index (χ0) is 21.7. The number of esters is 1. The number of aromatic nitrogens is 1. The topological polar surface area (TPSA) is 120 Å². The molecule has 4 heterocycles. The molecule has 1 saturated heterocycles. The Labute approximate surface area is 175 Å². The minimum atomic E-state index is -4.67. The second-order valence-electron chi connectivity index (χ2n) is 8.14. The molecule has 0 amide bonds. The maximum Gasteiger partial charge on any atom is 0.394 e. The first-order valence-corrected chi connectivity index (χ1v) is 11.4. The van der Waals surface area contributed by atoms with Crippen LogP contribution in [0, 0.1) is 5.92 Å². The van der Waals surface area contributed by atoms with E-state index in [2.05, 4.69) is 47.1 Å². The molecule has 1 aromatic heterocycles. The first kappa shape index (κ1) is 21.0. The van der Waals surface area contributed by atoms with E-state index in [1.807, 2.05) is 0 Å². The molecule has 162 valence electrons. The van der Waals surface area contributed by atoms with Gasteiger partial charge in [-0.3, -0.25) is 18.8 Å². The molecular weight excluding hydrogens is 408 g/mol. The van der Waals surface area contributed by atoms with Gasteiger partial charge in [-0.05, 0) is 36.8 Å². The molecule has 6 rings (SSSR count). The molecule has 0 radical (unpaired) electrons. The molecule has 8 nitrogen and oxygen atoms in total. The summed E-state index contributed by atoms with van der Waals surface area (Å²) in [5, 5.41) is 1.26. The summed E-state index contributed by atoms with van der Waals surface area (Å²) in [6.45, 7) is 4.28. The number of aromatic amines is 1. The van der Waals surface area contributed by atoms with E-state index in [-0.39, 0.29) is 12.0 Å². The zero-order valence-corrected chi connectivity index (χ0v) is 17.8. The summed E-state index contributed by atoms with van der Waals surface area (Å²) in [4.78, 5) is 19.4. The van der Waals surface area contributed by atoms with Crippen molar-refractivity contribution in [1.29, 1.82) is 0 Å². The van der Waals surface area contributed by atoms with Gasteiger partial charge < -0.3 is 9.72 Å². The number of para-hydroxylation sites is 1. The lowest BCUT2D eigenvalue weighted by Gasteiger charge is -2.53. The van der Waals surface area contributed by atoms with E-state index in [1.165, 1.54) is 23.6 Å². The van der Waals surface area contributed by atoms with Crippen molar-refractivity contribution in [2.45, 2.75) is 37.6 Å². The number of piperidine rings is 1. The average molecular weight is 435 g/mol. The quantitative estimate of drug-likeness (QED) is 0.377. The van der Waals surface area contributed by atoms with Crippen LogP contribution in [-0.2, 0) is 31.8 Å². The third-order valence-electron chi connectivity index (χ3n) is 6.55. The Bertz CT molecular complexity index is 1110. The van der Waals surface area contributed by atoms with Crippen molar-refractivity contribution < 1.29 is 27.1 Å². The fourth-order valence-electron chi connectivity index (χ4n) is 5.71. The highest BCUT2D eigenvalue weighted by Gasteiger charge is 2.60. The number of ether oxygens (including phenoxy) is 1. The Hall–Kier alpha value is -2.20. The second kappa shape index (κ2) is 7.49. The van der Waals surface area contributed by atoms with E-state index < -0.39 is 15.8 Å². The molecule has 4 bridgehead atoms. The fraction of sp³-hybridized carbons (Fsp3) is 0.476. The van der Waals surface area contributed by atoms with Crippen LogP contribution in [-0.4, -0.2) is 59.6 Å². The molecule has 4 atom stereocenters. The maximum absolute atomic E-state index is 13.2. The predicted molar refractivity (Wildman–Crippen MR) is 112 cm³/mol. The third kappa shape index (κ3) is 3.35. The Morgan fingerprint density at radius 1 is 1.33 bits per heavy atom. The minimum Gasteiger partial charge on any atom is -0.468 e. The van der Waals surface area contributed by atoms with Crippen molar-refractivity contribution in [2.75, 3.05) is 20.2 Å². The van der Waals surface area contributed by atoms with Gasteiger partial charge in [0.25, 0.3) is 0 Å². The summed E-state index contributed by atoms with van der Waals surface area (Å²) >= 11 is 0. The number of benzene rings is 1. The zero-order valence-electron chi connectivity index (χ0n) is 17.0. The van der Waals surface area contributed by atoms with E-state index in [9.17, 15) is 4.79 Å². The molecule has 9 heteroatoms. The lowest BCUT2D eigenvalue weighted by molar-refractivity contribution is -0.154. The lowest BCUT2D eigenvalue weighted by atomic mass is 9.60. The number of nitrogens with zero attached hydrogens (tertiary/aromatic N) is 1. The van der Waals surface area contributed by atoms with E-state index in [0.29, 0.717) is 5.92 Å². The highest BCUT2D eigenvalue weighted by molar-refractivity contribution is 7.79. The number of H-pyrrole nitrogens is 1. The summed E-state index contributed by atoms with van der Waals surface area (Å²) in [6, 6.07) is 8.56. The van der Waals surface area contributed by atoms with Crippen molar-refractivity contribution in [3.05, 3.63) is 47.2 Å². The van der Waals surface area contributed by atoms with Crippen molar-refractivity contribution in [1.82, 2.24) is 9.88 Å². The van der Waals surface area contributed by atoms with Gasteiger partial charge >= 0.3 is 16.4 Å². The number of methoxy groups -OCH3 is 1. The van der Waals surface area contributed by atoms with Crippen LogP contribution in [0.15, 0.2) is 35.9 Å². The van der Waals surface area contributed by atoms with Crippen LogP contribution < -0.4 is 0 Å². The molecule has 30 heavy (non-hydrogen) atoms. The molecule has 1 aromatic carbocycles. The van der Waals surface area contributed by atoms with Gasteiger partial charge in [0.05, 0.1) is 13.2 Å². The molecule has 0 spiro atoms. The number of nitrogens with one attached hydrogen (secondary N) is 1. The average Bonchev–Trinajstić information content (AvgIpc) is 3.04. The standard InChI is InChI=1S/C21H24N2O2.H2O4S/c1-3-14-10-13-11-21(20(24)25-2)18-16(8-9-23(12-13)19(14)21)15-6-4-5-7-17(15)22-18;1-5(2,3)4/h4-7,10,13,19,22H,3,8-9,11-12H2,1-2H3;(H2,1,2,3,4)/t13-,19-,21+;/m1./s1. The molecule has 3 N–H and O–H groups in total. The Kier molecular flexibility index (Phi) is 5.26. The molecular formula is C21H26N2O6S. The van der Waals surface area contributed by atoms with E-state index >= 15 is 0 Å². The molecule has 1 unspecified atom stereocenters. The fourth-order valence-corrected chi connectivity index (χ4v) is 5.71. The number of carbonyl (C=O) groups is 1. The van der Waals surface area contributed by atoms with Gasteiger partial charge in [-0.25, -0.2) is 0 Å². The molecule has 1 aliphatic carbocycles. The normalized spacial score (nSPS) is 29.3. The van der Waals surface area contributed by atoms with Crippen LogP contribution in [0.4, 0.5) is 0 Å². The summed E-state index contributed by atoms with van der Waals surface area (Å²) in [5.74, 6) is 0.345. The number of hydrogen-bond donors (Lipinski definition) is 3. The van der Waals surface area contributed by atoms with Crippen LogP contribution in [0.25, 0.3) is 10.9 Å². The second-order valence-corrected chi connectivity index (χ2v) is 9.04. The Morgan fingerprint density at radius 3 is 2.70 bits per heavy atom. The van der Waals surface area contributed by atoms with Crippen LogP contribution in [0.1, 0.15) is 31.0 Å². The maximum atomic E-state index is 13.2. The lowest BCUT2D eigenvalue weighted by Crippen LogP contribution is -2.63. The van der Waals surface area contributed by atoms with Gasteiger partial charge in [-0.1, -0.05) is 36.8 Å². The SMILES string of the molecule is CCC1=C[C@H]2CN3CCc4c([nH]c5ccccc45)[C@@](C(=O)OC)(C2)[C@@H]13.O=S(=O)(O)O. The number of hydrogen-bond acceptors (Lipinski definition) is 5. The molecule has 3 aliphatic heterocycles. The molecule has 1 fully saturated rings. The van der Waals surface area contributed by atoms with Crippen LogP contribution in [0.5, 0.6) is 0 Å². The third-order valence-corrected chi connectivity index (χ3v) is 6.55. The monoisotopic (exact) mass is 434 g/mol. The Balaban J connectivity index is 0.000000393. The van der Waals surface area contributed by atoms with Crippen molar-refractivity contribution in [3.63, 3.8) is 0 Å². The highest BCUT2D eigenvalue weighted by Crippen LogP contribution is 2.53. The first-order valence-electron chi connectivity index (χ1n) is 10.0. The van der Waals surface area contributed by atoms with Gasteiger partial charge in [0, 0.05) is 29.7 Å². The van der Waals surface area contributed by atoms with Gasteiger partial charge in [0.1, 0.15) is 5.41 Å². The number of carbonyl (C=O) groups excluding carboxylic acids is 1. The van der Waals surface area contributed by atoms with E-state index in [4.69, 9.17) is 22.3 Å². The summed E-state index contributed by atoms with van der Waals surface area (Å²) in [7, 11) is -3.13. The van der Waals surface area contributed by atoms with Crippen molar-refractivity contribution >= 4 is 27.3 Å². The smallest absolute Gasteiger partial charge is 0.394 e. The number of rotatable bonds is 2. The van der Waals surface area contributed by atoms with Gasteiger partial charge in [0.15, 0.2) is 0 Å². The van der Waals surface area contributed by atoms with Crippen molar-refractivity contribution in [3.8, 4) is 0 Å². The van der Waals surface area contributed by atoms with Gasteiger partial charge in [0.2, 0.25) is 0 Å². The van der Waals surface area contributed by atoms with E-state index in [1.54, 1.807) is 0 Å². The largest absolute Gasteiger partial charge is 0.468 e. The summed E-state index contributed by atoms with van der Waals surface area (Å²) in [5.41, 5.74) is 4.36. The van der Waals surface area contributed by atoms with Crippen LogP contribution >= 0.6 is 0 Å². The molecule has 2 aromatic rings. The minimum absolute atomic E-state index is 0.0824. The highest BCUT2D eigenvalue weighted by atomic mass is 32.3. The van der Waals surface area contributed by atoms with Crippen LogP contribution in [0.2, 0.25) is 0 Å². The summed E-state index contributed by atoms with van der Waals surface area (Å²) in [6.07, 6.45) is 5.25.